The number of carboxylic acid groups (broad SMARTS) is 1. The smallest absolute Gasteiger partial charge is 0.408 e. The van der Waals surface area contributed by atoms with Gasteiger partial charge in [-0.25, -0.2) is 9.59 Å². The van der Waals surface area contributed by atoms with Gasteiger partial charge in [0.15, 0.2) is 23.0 Å². The first kappa shape index (κ1) is 36.7. The fourth-order valence-corrected chi connectivity index (χ4v) is 4.24. The number of amides is 1. The Morgan fingerprint density at radius 1 is 0.674 bits per heavy atom. The highest BCUT2D eigenvalue weighted by Crippen LogP contribution is 2.33. The molecule has 3 rings (SSSR count). The summed E-state index contributed by atoms with van der Waals surface area (Å²) in [5.74, 6) is 0.311. The Balaban J connectivity index is 1.61. The number of carboxylic acids is 1. The summed E-state index contributed by atoms with van der Waals surface area (Å²) in [4.78, 5) is 24.4. The van der Waals surface area contributed by atoms with Gasteiger partial charge in [-0.3, -0.25) is 0 Å². The van der Waals surface area contributed by atoms with Crippen LogP contribution in [-0.4, -0.2) is 108 Å². The molecule has 256 valence electrons. The van der Waals surface area contributed by atoms with Crippen LogP contribution in [0.2, 0.25) is 0 Å². The first-order valence-electron chi connectivity index (χ1n) is 15.4. The molecule has 1 aliphatic rings. The lowest BCUT2D eigenvalue weighted by molar-refractivity contribution is -0.140. The van der Waals surface area contributed by atoms with Gasteiger partial charge in [0, 0.05) is 5.92 Å². The summed E-state index contributed by atoms with van der Waals surface area (Å²) in [6.45, 7) is 10.8. The number of carbonyl (C=O) groups is 2. The van der Waals surface area contributed by atoms with Gasteiger partial charge in [-0.2, -0.15) is 0 Å². The van der Waals surface area contributed by atoms with E-state index in [2.05, 4.69) is 5.32 Å². The summed E-state index contributed by atoms with van der Waals surface area (Å²) >= 11 is 0. The van der Waals surface area contributed by atoms with Crippen LogP contribution in [0.15, 0.2) is 42.5 Å². The van der Waals surface area contributed by atoms with Gasteiger partial charge < -0.3 is 53.1 Å². The second kappa shape index (κ2) is 19.7. The van der Waals surface area contributed by atoms with Crippen molar-refractivity contribution < 1.29 is 57.3 Å². The Bertz CT molecular complexity index is 1200. The molecule has 2 aromatic carbocycles. The molecule has 13 nitrogen and oxygen atoms in total. The molecule has 2 unspecified atom stereocenters. The lowest BCUT2D eigenvalue weighted by atomic mass is 9.93. The average Bonchev–Trinajstić information content (AvgIpc) is 3.01. The van der Waals surface area contributed by atoms with Crippen molar-refractivity contribution in [1.29, 1.82) is 0 Å². The van der Waals surface area contributed by atoms with E-state index in [1.165, 1.54) is 0 Å². The summed E-state index contributed by atoms with van der Waals surface area (Å²) < 4.78 is 51.3. The third-order valence-corrected chi connectivity index (χ3v) is 6.47. The summed E-state index contributed by atoms with van der Waals surface area (Å²) in [5, 5.41) is 12.3. The molecule has 2 atom stereocenters. The number of aliphatic carboxylic acids is 1. The Kier molecular flexibility index (Phi) is 15.7. The molecule has 0 saturated heterocycles. The topological polar surface area (TPSA) is 149 Å². The molecule has 46 heavy (non-hydrogen) atoms. The van der Waals surface area contributed by atoms with Crippen molar-refractivity contribution in [2.45, 2.75) is 45.3 Å². The monoisotopic (exact) mass is 649 g/mol. The average molecular weight is 650 g/mol. The van der Waals surface area contributed by atoms with Gasteiger partial charge in [0.25, 0.3) is 0 Å². The van der Waals surface area contributed by atoms with Gasteiger partial charge in [-0.05, 0) is 50.6 Å². The summed E-state index contributed by atoms with van der Waals surface area (Å²) in [6.07, 6.45) is -0.816. The van der Waals surface area contributed by atoms with Crippen molar-refractivity contribution in [2.24, 2.45) is 0 Å². The van der Waals surface area contributed by atoms with E-state index >= 15 is 0 Å². The third-order valence-electron chi connectivity index (χ3n) is 6.47. The van der Waals surface area contributed by atoms with E-state index in [9.17, 15) is 14.7 Å². The normalized spacial score (nSPS) is 17.8. The van der Waals surface area contributed by atoms with Crippen LogP contribution in [0, 0.1) is 0 Å². The van der Waals surface area contributed by atoms with E-state index in [0.29, 0.717) is 88.0 Å². The van der Waals surface area contributed by atoms with Gasteiger partial charge >= 0.3 is 12.1 Å². The molecule has 0 fully saturated rings. The van der Waals surface area contributed by atoms with E-state index in [1.807, 2.05) is 24.3 Å². The minimum Gasteiger partial charge on any atom is -0.487 e. The SMILES string of the molecule is CC(c1ccc2c(c1)OCCOCCOCCOc1ccccc1OCCOCCOCCO2)C(NC(=O)OC(C)(C)C)C(=O)O. The second-order valence-corrected chi connectivity index (χ2v) is 11.2. The van der Waals surface area contributed by atoms with Crippen molar-refractivity contribution >= 4 is 12.1 Å². The molecule has 0 aliphatic carbocycles. The molecule has 0 bridgehead atoms. The van der Waals surface area contributed by atoms with Crippen LogP contribution in [-0.2, 0) is 28.5 Å². The van der Waals surface area contributed by atoms with Crippen LogP contribution >= 0.6 is 0 Å². The maximum Gasteiger partial charge on any atom is 0.408 e. The summed E-state index contributed by atoms with van der Waals surface area (Å²) in [7, 11) is 0. The Morgan fingerprint density at radius 2 is 1.09 bits per heavy atom. The molecular formula is C33H47NO12. The fourth-order valence-electron chi connectivity index (χ4n) is 4.24. The van der Waals surface area contributed by atoms with Gasteiger partial charge in [0.2, 0.25) is 0 Å². The molecule has 2 N–H and O–H groups in total. The van der Waals surface area contributed by atoms with Crippen molar-refractivity contribution in [3.8, 4) is 23.0 Å². The first-order valence-corrected chi connectivity index (χ1v) is 15.4. The Morgan fingerprint density at radius 3 is 1.52 bits per heavy atom. The number of hydrogen-bond donors (Lipinski definition) is 2. The molecular weight excluding hydrogens is 602 g/mol. The van der Waals surface area contributed by atoms with E-state index in [-0.39, 0.29) is 19.8 Å². The zero-order chi connectivity index (χ0) is 33.2. The zero-order valence-corrected chi connectivity index (χ0v) is 27.1. The molecule has 0 radical (unpaired) electrons. The highest BCUT2D eigenvalue weighted by molar-refractivity contribution is 5.81. The first-order chi connectivity index (χ1) is 22.1. The quantitative estimate of drug-likeness (QED) is 0.492. The van der Waals surface area contributed by atoms with Crippen molar-refractivity contribution in [2.75, 3.05) is 79.3 Å². The molecule has 2 aromatic rings. The van der Waals surface area contributed by atoms with Crippen LogP contribution in [0.1, 0.15) is 39.2 Å². The fraction of sp³-hybridized carbons (Fsp3) is 0.576. The van der Waals surface area contributed by atoms with Crippen LogP contribution in [0.3, 0.4) is 0 Å². The van der Waals surface area contributed by atoms with Gasteiger partial charge in [-0.15, -0.1) is 0 Å². The number of hydrogen-bond acceptors (Lipinski definition) is 11. The van der Waals surface area contributed by atoms with Crippen molar-refractivity contribution in [3.05, 3.63) is 48.0 Å². The summed E-state index contributed by atoms with van der Waals surface area (Å²) in [5.41, 5.74) is -0.152. The van der Waals surface area contributed by atoms with Crippen LogP contribution in [0.4, 0.5) is 4.79 Å². The zero-order valence-electron chi connectivity index (χ0n) is 27.1. The van der Waals surface area contributed by atoms with E-state index in [4.69, 9.17) is 42.6 Å². The van der Waals surface area contributed by atoms with E-state index < -0.39 is 29.6 Å². The molecule has 1 amide bonds. The molecule has 1 heterocycles. The number of alkyl carbamates (subject to hydrolysis) is 1. The van der Waals surface area contributed by atoms with Crippen molar-refractivity contribution in [3.63, 3.8) is 0 Å². The van der Waals surface area contributed by atoms with E-state index in [1.54, 1.807) is 45.9 Å². The lowest BCUT2D eigenvalue weighted by Gasteiger charge is -2.25. The number of benzene rings is 2. The lowest BCUT2D eigenvalue weighted by Crippen LogP contribution is -2.46. The number of ether oxygens (including phenoxy) is 9. The van der Waals surface area contributed by atoms with Crippen molar-refractivity contribution in [1.82, 2.24) is 5.32 Å². The van der Waals surface area contributed by atoms with Gasteiger partial charge in [0.1, 0.15) is 38.1 Å². The predicted molar refractivity (Wildman–Crippen MR) is 167 cm³/mol. The van der Waals surface area contributed by atoms with E-state index in [0.717, 1.165) is 0 Å². The maximum absolute atomic E-state index is 12.3. The summed E-state index contributed by atoms with van der Waals surface area (Å²) in [6, 6.07) is 11.3. The molecule has 13 heteroatoms. The number of para-hydroxylation sites is 2. The second-order valence-electron chi connectivity index (χ2n) is 11.2. The minimum atomic E-state index is -1.24. The highest BCUT2D eigenvalue weighted by atomic mass is 16.6. The number of nitrogens with one attached hydrogen (secondary N) is 1. The number of carbonyl (C=O) groups excluding carboxylic acids is 1. The molecule has 1 aliphatic heterocycles. The molecule has 0 aromatic heterocycles. The largest absolute Gasteiger partial charge is 0.487 e. The van der Waals surface area contributed by atoms with Crippen LogP contribution in [0.25, 0.3) is 0 Å². The third kappa shape index (κ3) is 13.7. The molecule has 0 spiro atoms. The predicted octanol–water partition coefficient (Wildman–Crippen LogP) is 4.06. The minimum absolute atomic E-state index is 0.209. The highest BCUT2D eigenvalue weighted by Gasteiger charge is 2.30. The number of fused-ring (bicyclic) bond motifs is 2. The van der Waals surface area contributed by atoms with Crippen LogP contribution in [0.5, 0.6) is 23.0 Å². The number of rotatable bonds is 4. The van der Waals surface area contributed by atoms with Gasteiger partial charge in [0.05, 0.1) is 52.9 Å². The Labute approximate surface area is 270 Å². The standard InChI is InChI=1S/C33H47NO12/c1-24(30(31(35)36)34-32(37)46-33(2,3)4)25-9-10-28-29(23-25)45-22-18-41-14-13-39-16-20-43-27-8-6-5-7-26(27)42-19-15-38-11-12-40-17-21-44-28/h5-10,23-24,30H,11-22H2,1-4H3,(H,34,37)(H,35,36). The van der Waals surface area contributed by atoms with Gasteiger partial charge in [-0.1, -0.05) is 25.1 Å². The maximum atomic E-state index is 12.3. The molecule has 0 saturated carbocycles. The van der Waals surface area contributed by atoms with Crippen LogP contribution < -0.4 is 24.3 Å². The Hall–Kier alpha value is -3.78.